The molecule has 18 heavy (non-hydrogen) atoms. The van der Waals surface area contributed by atoms with E-state index in [0.29, 0.717) is 6.42 Å². The minimum Gasteiger partial charge on any atom is -0.451 e. The van der Waals surface area contributed by atoms with E-state index in [-0.39, 0.29) is 5.92 Å². The van der Waals surface area contributed by atoms with E-state index in [0.717, 1.165) is 0 Å². The standard InChI is InChI=1S/C12H21N3O3/c1-7(2)6-8(13)10(16)9(15-14)11(17)18-12(3,4)5/h7-8H,6,13H2,1-5H3/t8-/m0/s1. The van der Waals surface area contributed by atoms with E-state index in [4.69, 9.17) is 16.0 Å². The van der Waals surface area contributed by atoms with Crippen LogP contribution in [0, 0.1) is 5.92 Å². The van der Waals surface area contributed by atoms with Crippen molar-refractivity contribution in [3.05, 3.63) is 5.53 Å². The van der Waals surface area contributed by atoms with E-state index in [1.54, 1.807) is 20.8 Å². The van der Waals surface area contributed by atoms with Crippen molar-refractivity contribution in [2.24, 2.45) is 11.7 Å². The van der Waals surface area contributed by atoms with Crippen molar-refractivity contribution in [2.75, 3.05) is 0 Å². The molecule has 0 heterocycles. The second-order valence-electron chi connectivity index (χ2n) is 5.55. The molecule has 1 atom stereocenters. The Morgan fingerprint density at radius 1 is 1.33 bits per heavy atom. The van der Waals surface area contributed by atoms with Crippen LogP contribution in [-0.4, -0.2) is 33.9 Å². The molecule has 0 bridgehead atoms. The van der Waals surface area contributed by atoms with Crippen molar-refractivity contribution in [1.82, 2.24) is 0 Å². The highest BCUT2D eigenvalue weighted by Crippen LogP contribution is 2.09. The molecule has 0 unspecified atom stereocenters. The second-order valence-corrected chi connectivity index (χ2v) is 5.55. The average molecular weight is 255 g/mol. The van der Waals surface area contributed by atoms with Crippen LogP contribution >= 0.6 is 0 Å². The van der Waals surface area contributed by atoms with Gasteiger partial charge >= 0.3 is 11.7 Å². The van der Waals surface area contributed by atoms with Gasteiger partial charge in [-0.25, -0.2) is 4.79 Å². The van der Waals surface area contributed by atoms with Crippen LogP contribution in [0.4, 0.5) is 0 Å². The number of Topliss-reactive ketones (excluding diaryl/α,β-unsaturated/α-hetero) is 1. The van der Waals surface area contributed by atoms with E-state index in [2.05, 4.69) is 4.79 Å². The van der Waals surface area contributed by atoms with Gasteiger partial charge in [0, 0.05) is 0 Å². The minimum absolute atomic E-state index is 0.197. The molecule has 0 saturated heterocycles. The predicted octanol–water partition coefficient (Wildman–Crippen LogP) is 0.941. The first-order chi connectivity index (χ1) is 8.08. The van der Waals surface area contributed by atoms with E-state index >= 15 is 0 Å². The number of carbonyl (C=O) groups excluding carboxylic acids is 2. The van der Waals surface area contributed by atoms with Gasteiger partial charge in [-0.15, -0.1) is 0 Å². The number of rotatable bonds is 5. The van der Waals surface area contributed by atoms with Crippen LogP contribution in [-0.2, 0) is 14.3 Å². The van der Waals surface area contributed by atoms with Crippen LogP contribution in [0.3, 0.4) is 0 Å². The maximum atomic E-state index is 11.8. The van der Waals surface area contributed by atoms with Gasteiger partial charge in [-0.1, -0.05) is 13.8 Å². The Morgan fingerprint density at radius 3 is 2.17 bits per heavy atom. The maximum Gasteiger partial charge on any atom is 0.443 e. The zero-order valence-electron chi connectivity index (χ0n) is 11.6. The van der Waals surface area contributed by atoms with Gasteiger partial charge in [0.15, 0.2) is 0 Å². The topological polar surface area (TPSA) is 106 Å². The minimum atomic E-state index is -0.964. The number of hydrogen-bond acceptors (Lipinski definition) is 4. The van der Waals surface area contributed by atoms with Crippen LogP contribution in [0.25, 0.3) is 5.53 Å². The number of nitrogens with zero attached hydrogens (tertiary/aromatic N) is 2. The summed E-state index contributed by atoms with van der Waals surface area (Å²) in [5.41, 5.74) is 13.0. The Labute approximate surface area is 107 Å². The van der Waals surface area contributed by atoms with E-state index in [9.17, 15) is 9.59 Å². The normalized spacial score (nSPS) is 12.8. The molecule has 0 saturated carbocycles. The molecule has 0 aromatic rings. The Bertz CT molecular complexity index is 377. The quantitative estimate of drug-likeness (QED) is 0.259. The number of carbonyl (C=O) groups is 2. The fourth-order valence-corrected chi connectivity index (χ4v) is 1.31. The molecule has 0 rings (SSSR count). The van der Waals surface area contributed by atoms with Gasteiger partial charge in [-0.3, -0.25) is 4.79 Å². The summed E-state index contributed by atoms with van der Waals surface area (Å²) in [6, 6.07) is -0.872. The molecule has 0 spiro atoms. The summed E-state index contributed by atoms with van der Waals surface area (Å²) < 4.78 is 4.96. The van der Waals surface area contributed by atoms with Gasteiger partial charge in [0.05, 0.1) is 6.04 Å². The van der Waals surface area contributed by atoms with E-state index < -0.39 is 29.1 Å². The molecular formula is C12H21N3O3. The Kier molecular flexibility index (Phi) is 5.88. The third kappa shape index (κ3) is 5.70. The SMILES string of the molecule is CC(C)C[C@H](N)C(=O)C(=[N+]=[N-])C(=O)OC(C)(C)C. The molecule has 0 amide bonds. The lowest BCUT2D eigenvalue weighted by Gasteiger charge is -2.18. The predicted molar refractivity (Wildman–Crippen MR) is 66.9 cm³/mol. The Hall–Kier alpha value is -1.52. The van der Waals surface area contributed by atoms with Gasteiger partial charge < -0.3 is 16.0 Å². The Balaban J connectivity index is 4.86. The molecule has 0 fully saturated rings. The summed E-state index contributed by atoms with van der Waals surface area (Å²) in [4.78, 5) is 26.2. The monoisotopic (exact) mass is 255 g/mol. The van der Waals surface area contributed by atoms with Gasteiger partial charge in [0.25, 0.3) is 5.78 Å². The molecule has 6 heteroatoms. The lowest BCUT2D eigenvalue weighted by Crippen LogP contribution is -2.43. The molecule has 0 aliphatic carbocycles. The number of ketones is 1. The molecule has 0 aliphatic rings. The highest BCUT2D eigenvalue weighted by molar-refractivity contribution is 6.63. The molecule has 102 valence electrons. The third-order valence-corrected chi connectivity index (χ3v) is 1.99. The molecule has 6 nitrogen and oxygen atoms in total. The molecule has 0 radical (unpaired) electrons. The van der Waals surface area contributed by atoms with Crippen LogP contribution < -0.4 is 5.73 Å². The first-order valence-electron chi connectivity index (χ1n) is 5.83. The van der Waals surface area contributed by atoms with Crippen molar-refractivity contribution >= 4 is 17.5 Å². The largest absolute Gasteiger partial charge is 0.451 e. The summed E-state index contributed by atoms with van der Waals surface area (Å²) in [7, 11) is 0. The van der Waals surface area contributed by atoms with E-state index in [1.807, 2.05) is 13.8 Å². The fraction of sp³-hybridized carbons (Fsp3) is 0.750. The van der Waals surface area contributed by atoms with Crippen LogP contribution in [0.1, 0.15) is 41.0 Å². The average Bonchev–Trinajstić information content (AvgIpc) is 2.14. The van der Waals surface area contributed by atoms with Crippen LogP contribution in [0.5, 0.6) is 0 Å². The lowest BCUT2D eigenvalue weighted by molar-refractivity contribution is -0.152. The summed E-state index contributed by atoms with van der Waals surface area (Å²) in [6.07, 6.45) is 0.403. The van der Waals surface area contributed by atoms with Gasteiger partial charge in [-0.2, -0.15) is 4.79 Å². The first-order valence-corrected chi connectivity index (χ1v) is 5.83. The lowest BCUT2D eigenvalue weighted by atomic mass is 9.98. The van der Waals surface area contributed by atoms with Crippen molar-refractivity contribution in [3.8, 4) is 0 Å². The molecule has 0 aromatic carbocycles. The Morgan fingerprint density at radius 2 is 1.83 bits per heavy atom. The highest BCUT2D eigenvalue weighted by Gasteiger charge is 2.37. The number of hydrogen-bond donors (Lipinski definition) is 1. The van der Waals surface area contributed by atoms with E-state index in [1.165, 1.54) is 0 Å². The van der Waals surface area contributed by atoms with Gasteiger partial charge in [0.1, 0.15) is 5.60 Å². The molecule has 0 aromatic heterocycles. The summed E-state index contributed by atoms with van der Waals surface area (Å²) in [5.74, 6) is -1.47. The first kappa shape index (κ1) is 16.5. The molecule has 2 N–H and O–H groups in total. The smallest absolute Gasteiger partial charge is 0.443 e. The molecule has 0 aliphatic heterocycles. The molecular weight excluding hydrogens is 234 g/mol. The number of nitrogens with two attached hydrogens (primary N) is 1. The van der Waals surface area contributed by atoms with Crippen molar-refractivity contribution in [2.45, 2.75) is 52.7 Å². The van der Waals surface area contributed by atoms with Crippen LogP contribution in [0.2, 0.25) is 0 Å². The second kappa shape index (κ2) is 6.42. The van der Waals surface area contributed by atoms with Crippen molar-refractivity contribution < 1.29 is 19.1 Å². The summed E-state index contributed by atoms with van der Waals surface area (Å²) in [5, 5.41) is 0. The zero-order valence-corrected chi connectivity index (χ0v) is 11.6. The number of ether oxygens (including phenoxy) is 1. The van der Waals surface area contributed by atoms with Crippen LogP contribution in [0.15, 0.2) is 0 Å². The van der Waals surface area contributed by atoms with Crippen molar-refractivity contribution in [1.29, 1.82) is 0 Å². The number of esters is 1. The highest BCUT2D eigenvalue weighted by atomic mass is 16.6. The summed E-state index contributed by atoms with van der Waals surface area (Å²) in [6.45, 7) is 8.75. The summed E-state index contributed by atoms with van der Waals surface area (Å²) >= 11 is 0. The fourth-order valence-electron chi connectivity index (χ4n) is 1.31. The maximum absolute atomic E-state index is 11.8. The van der Waals surface area contributed by atoms with Gasteiger partial charge in [0.2, 0.25) is 0 Å². The van der Waals surface area contributed by atoms with Crippen molar-refractivity contribution in [3.63, 3.8) is 0 Å². The van der Waals surface area contributed by atoms with Gasteiger partial charge in [-0.05, 0) is 33.1 Å². The zero-order chi connectivity index (χ0) is 14.5. The third-order valence-electron chi connectivity index (χ3n) is 1.99.